The maximum atomic E-state index is 5.44. The van der Waals surface area contributed by atoms with Gasteiger partial charge in [0.1, 0.15) is 18.2 Å². The minimum atomic E-state index is 0.325. The molecule has 0 unspecified atom stereocenters. The van der Waals surface area contributed by atoms with Crippen molar-refractivity contribution in [2.24, 2.45) is 5.84 Å². The number of aromatic nitrogens is 2. The summed E-state index contributed by atoms with van der Waals surface area (Å²) in [6.45, 7) is 2.43. The number of hydrogen-bond donors (Lipinski definition) is 3. The monoisotopic (exact) mass is 351 g/mol. The van der Waals surface area contributed by atoms with Crippen LogP contribution in [0.3, 0.4) is 0 Å². The normalized spacial score (nSPS) is 10.5. The molecule has 4 N–H and O–H groups in total. The first-order valence-corrected chi connectivity index (χ1v) is 7.34. The largest absolute Gasteiger partial charge is 0.377 e. The summed E-state index contributed by atoms with van der Waals surface area (Å²) in [5, 5.41) is 3.30. The van der Waals surface area contributed by atoms with E-state index in [0.29, 0.717) is 24.1 Å². The predicted molar refractivity (Wildman–Crippen MR) is 87.4 cm³/mol. The van der Waals surface area contributed by atoms with E-state index >= 15 is 0 Å². The second-order valence-electron chi connectivity index (χ2n) is 4.41. The molecule has 0 radical (unpaired) electrons. The third-order valence-electron chi connectivity index (χ3n) is 2.90. The van der Waals surface area contributed by atoms with Crippen molar-refractivity contribution in [3.63, 3.8) is 0 Å². The first-order valence-electron chi connectivity index (χ1n) is 6.55. The number of benzene rings is 1. The molecule has 6 nitrogen and oxygen atoms in total. The van der Waals surface area contributed by atoms with Crippen molar-refractivity contribution in [3.05, 3.63) is 40.1 Å². The van der Waals surface area contributed by atoms with Gasteiger partial charge in [0.05, 0.1) is 0 Å². The minimum absolute atomic E-state index is 0.325. The lowest BCUT2D eigenvalue weighted by Gasteiger charge is -2.12. The molecular weight excluding hydrogens is 334 g/mol. The Kier molecular flexibility index (Phi) is 5.49. The zero-order valence-corrected chi connectivity index (χ0v) is 13.6. The molecule has 0 saturated carbocycles. The van der Waals surface area contributed by atoms with Crippen LogP contribution in [0.2, 0.25) is 0 Å². The second-order valence-corrected chi connectivity index (χ2v) is 5.33. The molecule has 0 amide bonds. The number of nitrogens with zero attached hydrogens (tertiary/aromatic N) is 2. The molecule has 1 aromatic heterocycles. The van der Waals surface area contributed by atoms with E-state index in [1.807, 2.05) is 12.1 Å². The molecule has 112 valence electrons. The van der Waals surface area contributed by atoms with Crippen LogP contribution in [-0.4, -0.2) is 17.1 Å². The van der Waals surface area contributed by atoms with Gasteiger partial charge in [-0.2, -0.15) is 0 Å². The van der Waals surface area contributed by atoms with Crippen molar-refractivity contribution < 1.29 is 4.74 Å². The summed E-state index contributed by atoms with van der Waals surface area (Å²) in [4.78, 5) is 8.63. The molecule has 0 atom stereocenters. The average Bonchev–Trinajstić information content (AvgIpc) is 2.49. The first-order chi connectivity index (χ1) is 10.2. The summed E-state index contributed by atoms with van der Waals surface area (Å²) in [6.07, 6.45) is 0.916. The number of rotatable bonds is 6. The van der Waals surface area contributed by atoms with Crippen LogP contribution in [0.1, 0.15) is 18.3 Å². The Morgan fingerprint density at radius 3 is 2.67 bits per heavy atom. The predicted octanol–water partition coefficient (Wildman–Crippen LogP) is 2.98. The molecule has 0 saturated heterocycles. The van der Waals surface area contributed by atoms with Crippen molar-refractivity contribution in [1.29, 1.82) is 0 Å². The Labute approximate surface area is 132 Å². The molecule has 2 aromatic rings. The highest BCUT2D eigenvalue weighted by Gasteiger charge is 2.07. The molecule has 2 rings (SSSR count). The van der Waals surface area contributed by atoms with Gasteiger partial charge in [0.15, 0.2) is 5.82 Å². The van der Waals surface area contributed by atoms with E-state index in [0.717, 1.165) is 16.6 Å². The van der Waals surface area contributed by atoms with E-state index in [4.69, 9.17) is 10.6 Å². The van der Waals surface area contributed by atoms with Gasteiger partial charge in [-0.05, 0) is 30.2 Å². The van der Waals surface area contributed by atoms with Gasteiger partial charge in [-0.15, -0.1) is 0 Å². The fourth-order valence-electron chi connectivity index (χ4n) is 1.94. The number of aryl methyl sites for hydroxylation is 1. The van der Waals surface area contributed by atoms with Crippen LogP contribution in [0.15, 0.2) is 28.7 Å². The summed E-state index contributed by atoms with van der Waals surface area (Å²) in [6, 6.07) is 7.83. The van der Waals surface area contributed by atoms with Gasteiger partial charge < -0.3 is 15.5 Å². The van der Waals surface area contributed by atoms with Gasteiger partial charge in [0, 0.05) is 23.3 Å². The van der Waals surface area contributed by atoms with Crippen molar-refractivity contribution in [2.45, 2.75) is 20.0 Å². The average molecular weight is 352 g/mol. The fraction of sp³-hybridized carbons (Fsp3) is 0.286. The highest BCUT2D eigenvalue weighted by Crippen LogP contribution is 2.25. The van der Waals surface area contributed by atoms with Gasteiger partial charge >= 0.3 is 0 Å². The van der Waals surface area contributed by atoms with Crippen LogP contribution in [0, 0.1) is 0 Å². The maximum Gasteiger partial charge on any atom is 0.158 e. The Morgan fingerprint density at radius 1 is 1.24 bits per heavy atom. The molecule has 0 aliphatic carbocycles. The molecule has 0 bridgehead atoms. The Hall–Kier alpha value is -1.70. The smallest absolute Gasteiger partial charge is 0.158 e. The third kappa shape index (κ3) is 4.13. The lowest BCUT2D eigenvalue weighted by molar-refractivity contribution is 0.178. The summed E-state index contributed by atoms with van der Waals surface area (Å²) in [7, 11) is 1.60. The molecule has 0 aliphatic heterocycles. The van der Waals surface area contributed by atoms with E-state index in [1.54, 1.807) is 13.2 Å². The highest BCUT2D eigenvalue weighted by molar-refractivity contribution is 9.10. The van der Waals surface area contributed by atoms with Crippen LogP contribution in [0.5, 0.6) is 0 Å². The van der Waals surface area contributed by atoms with Crippen molar-refractivity contribution in [2.75, 3.05) is 17.9 Å². The maximum absolute atomic E-state index is 5.44. The van der Waals surface area contributed by atoms with Gasteiger partial charge in [-0.3, -0.25) is 0 Å². The Balaban J connectivity index is 2.32. The number of ether oxygens (including phenoxy) is 1. The first kappa shape index (κ1) is 15.7. The van der Waals surface area contributed by atoms with E-state index in [2.05, 4.69) is 49.6 Å². The SMILES string of the molecule is CCc1cc(Br)ccc1Nc1cc(NN)nc(COC)n1. The van der Waals surface area contributed by atoms with E-state index in [-0.39, 0.29) is 0 Å². The van der Waals surface area contributed by atoms with Crippen LogP contribution in [0.4, 0.5) is 17.3 Å². The standard InChI is InChI=1S/C14H18BrN5O/c1-3-9-6-10(15)4-5-11(9)17-12-7-13(20-16)19-14(18-12)8-21-2/h4-7H,3,8,16H2,1-2H3,(H2,17,18,19,20). The summed E-state index contributed by atoms with van der Waals surface area (Å²) >= 11 is 3.48. The van der Waals surface area contributed by atoms with E-state index in [9.17, 15) is 0 Å². The number of hydrazine groups is 1. The van der Waals surface area contributed by atoms with Crippen LogP contribution in [-0.2, 0) is 17.8 Å². The molecule has 0 spiro atoms. The lowest BCUT2D eigenvalue weighted by Crippen LogP contribution is -2.12. The molecular formula is C14H18BrN5O. The van der Waals surface area contributed by atoms with Gasteiger partial charge in [0.2, 0.25) is 0 Å². The summed E-state index contributed by atoms with van der Waals surface area (Å²) in [5.74, 6) is 7.20. The quantitative estimate of drug-likeness (QED) is 0.548. The highest BCUT2D eigenvalue weighted by atomic mass is 79.9. The number of anilines is 3. The number of halogens is 1. The molecule has 21 heavy (non-hydrogen) atoms. The molecule has 1 aromatic carbocycles. The second kappa shape index (κ2) is 7.35. The summed E-state index contributed by atoms with van der Waals surface area (Å²) in [5.41, 5.74) is 4.73. The molecule has 0 aliphatic rings. The van der Waals surface area contributed by atoms with Crippen molar-refractivity contribution in [1.82, 2.24) is 9.97 Å². The van der Waals surface area contributed by atoms with Crippen LogP contribution >= 0.6 is 15.9 Å². The summed E-state index contributed by atoms with van der Waals surface area (Å²) < 4.78 is 6.12. The number of hydrogen-bond acceptors (Lipinski definition) is 6. The zero-order chi connectivity index (χ0) is 15.2. The number of nitrogen functional groups attached to an aromatic ring is 1. The van der Waals surface area contributed by atoms with Crippen LogP contribution < -0.4 is 16.6 Å². The van der Waals surface area contributed by atoms with Crippen molar-refractivity contribution >= 4 is 33.3 Å². The minimum Gasteiger partial charge on any atom is -0.377 e. The number of nitrogens with one attached hydrogen (secondary N) is 2. The van der Waals surface area contributed by atoms with Gasteiger partial charge in [-0.25, -0.2) is 15.8 Å². The number of methoxy groups -OCH3 is 1. The Morgan fingerprint density at radius 2 is 2.00 bits per heavy atom. The van der Waals surface area contributed by atoms with Gasteiger partial charge in [0.25, 0.3) is 0 Å². The van der Waals surface area contributed by atoms with Crippen LogP contribution in [0.25, 0.3) is 0 Å². The third-order valence-corrected chi connectivity index (χ3v) is 3.40. The lowest BCUT2D eigenvalue weighted by atomic mass is 10.1. The molecule has 0 fully saturated rings. The topological polar surface area (TPSA) is 85.1 Å². The van der Waals surface area contributed by atoms with E-state index in [1.165, 1.54) is 5.56 Å². The zero-order valence-electron chi connectivity index (χ0n) is 12.0. The van der Waals surface area contributed by atoms with E-state index < -0.39 is 0 Å². The fourth-order valence-corrected chi connectivity index (χ4v) is 2.35. The Bertz CT molecular complexity index is 620. The number of nitrogens with two attached hydrogens (primary N) is 1. The molecule has 1 heterocycles. The molecule has 7 heteroatoms. The van der Waals surface area contributed by atoms with Gasteiger partial charge in [-0.1, -0.05) is 22.9 Å². The van der Waals surface area contributed by atoms with Crippen molar-refractivity contribution in [3.8, 4) is 0 Å².